The fourth-order valence-corrected chi connectivity index (χ4v) is 1.28. The third-order valence-electron chi connectivity index (χ3n) is 1.94. The molecule has 1 rings (SSSR count). The zero-order valence-electron chi connectivity index (χ0n) is 8.85. The van der Waals surface area contributed by atoms with Crippen LogP contribution in [0.15, 0.2) is 16.5 Å². The van der Waals surface area contributed by atoms with Gasteiger partial charge in [-0.15, -0.1) is 12.4 Å². The molecule has 4 nitrogen and oxygen atoms in total. The quantitative estimate of drug-likeness (QED) is 0.691. The van der Waals surface area contributed by atoms with E-state index in [0.29, 0.717) is 6.42 Å². The molecule has 0 saturated carbocycles. The Bertz CT molecular complexity index is 276. The van der Waals surface area contributed by atoms with Crippen molar-refractivity contribution in [3.05, 3.63) is 23.7 Å². The van der Waals surface area contributed by atoms with E-state index in [4.69, 9.17) is 21.0 Å². The number of aliphatic hydroxyl groups excluding tert-OH is 1. The maximum atomic E-state index is 8.76. The second kappa shape index (κ2) is 6.85. The van der Waals surface area contributed by atoms with Crippen molar-refractivity contribution in [3.63, 3.8) is 0 Å². The van der Waals surface area contributed by atoms with Gasteiger partial charge in [0.1, 0.15) is 11.5 Å². The van der Waals surface area contributed by atoms with E-state index in [-0.39, 0.29) is 31.1 Å². The zero-order valence-corrected chi connectivity index (χ0v) is 9.67. The molecule has 1 aromatic heterocycles. The first-order valence-electron chi connectivity index (χ1n) is 4.81. The number of halogens is 1. The van der Waals surface area contributed by atoms with Gasteiger partial charge in [0, 0.05) is 24.9 Å². The fourth-order valence-electron chi connectivity index (χ4n) is 1.28. The van der Waals surface area contributed by atoms with Crippen LogP contribution in [-0.4, -0.2) is 23.8 Å². The van der Waals surface area contributed by atoms with E-state index in [9.17, 15) is 0 Å². The number of hydrogen-bond donors (Lipinski definition) is 3. The first kappa shape index (κ1) is 14.5. The van der Waals surface area contributed by atoms with E-state index < -0.39 is 0 Å². The summed E-state index contributed by atoms with van der Waals surface area (Å²) in [5.41, 5.74) is 11.2. The van der Waals surface area contributed by atoms with Crippen LogP contribution in [-0.2, 0) is 12.8 Å². The number of nitrogens with two attached hydrogens (primary N) is 2. The molecule has 5 heteroatoms. The van der Waals surface area contributed by atoms with Crippen LogP contribution >= 0.6 is 12.4 Å². The van der Waals surface area contributed by atoms with E-state index in [1.165, 1.54) is 0 Å². The monoisotopic (exact) mass is 234 g/mol. The van der Waals surface area contributed by atoms with Gasteiger partial charge in [-0.3, -0.25) is 0 Å². The lowest BCUT2D eigenvalue weighted by molar-refractivity contribution is 0.259. The van der Waals surface area contributed by atoms with Gasteiger partial charge in [0.2, 0.25) is 0 Å². The molecule has 0 bridgehead atoms. The predicted octanol–water partition coefficient (Wildman–Crippen LogP) is 0.453. The molecule has 5 N–H and O–H groups in total. The number of rotatable bonds is 5. The number of aliphatic hydroxyl groups is 1. The molecule has 88 valence electrons. The predicted molar refractivity (Wildman–Crippen MR) is 62.1 cm³/mol. The van der Waals surface area contributed by atoms with Crippen LogP contribution in [0, 0.1) is 0 Å². The third kappa shape index (κ3) is 5.18. The smallest absolute Gasteiger partial charge is 0.105 e. The highest BCUT2D eigenvalue weighted by Crippen LogP contribution is 2.11. The molecule has 0 aliphatic rings. The maximum absolute atomic E-state index is 8.76. The summed E-state index contributed by atoms with van der Waals surface area (Å²) in [6, 6.07) is 3.64. The maximum Gasteiger partial charge on any atom is 0.105 e. The minimum Gasteiger partial charge on any atom is -0.466 e. The first-order valence-corrected chi connectivity index (χ1v) is 4.81. The Hall–Kier alpha value is -0.550. The van der Waals surface area contributed by atoms with Crippen molar-refractivity contribution in [3.8, 4) is 0 Å². The summed E-state index contributed by atoms with van der Waals surface area (Å²) < 4.78 is 5.50. The lowest BCUT2D eigenvalue weighted by Gasteiger charge is -2.05. The summed E-state index contributed by atoms with van der Waals surface area (Å²) in [7, 11) is 0. The highest BCUT2D eigenvalue weighted by Gasteiger charge is 2.08. The molecule has 0 spiro atoms. The Morgan fingerprint density at radius 3 is 2.27 bits per heavy atom. The van der Waals surface area contributed by atoms with Crippen molar-refractivity contribution in [1.82, 2.24) is 0 Å². The molecule has 0 aliphatic heterocycles. The summed E-state index contributed by atoms with van der Waals surface area (Å²) in [5, 5.41) is 8.76. The average Bonchev–Trinajstić information content (AvgIpc) is 2.51. The summed E-state index contributed by atoms with van der Waals surface area (Å²) >= 11 is 0. The third-order valence-corrected chi connectivity index (χ3v) is 1.94. The van der Waals surface area contributed by atoms with Gasteiger partial charge in [0.05, 0.1) is 6.61 Å². The molecule has 0 aromatic carbocycles. The topological polar surface area (TPSA) is 85.4 Å². The summed E-state index contributed by atoms with van der Waals surface area (Å²) in [6.07, 6.45) is 1.30. The molecule has 1 aromatic rings. The molecular formula is C10H19ClN2O2. The van der Waals surface area contributed by atoms with Crippen LogP contribution < -0.4 is 11.5 Å². The van der Waals surface area contributed by atoms with Gasteiger partial charge in [0.15, 0.2) is 0 Å². The van der Waals surface area contributed by atoms with Gasteiger partial charge in [-0.2, -0.15) is 0 Å². The fraction of sp³-hybridized carbons (Fsp3) is 0.600. The van der Waals surface area contributed by atoms with Crippen LogP contribution in [0.3, 0.4) is 0 Å². The van der Waals surface area contributed by atoms with Gasteiger partial charge in [-0.25, -0.2) is 0 Å². The molecular weight excluding hydrogens is 216 g/mol. The standard InChI is InChI=1S/C10H18N2O2.ClH/c1-7(11)4-9-2-3-10(14-9)5-8(12)6-13;/h2-3,7-8,13H,4-6,11-12H2,1H3;1H. The van der Waals surface area contributed by atoms with Crippen LogP contribution in [0.25, 0.3) is 0 Å². The van der Waals surface area contributed by atoms with Crippen LogP contribution in [0.2, 0.25) is 0 Å². The number of furan rings is 1. The van der Waals surface area contributed by atoms with E-state index in [0.717, 1.165) is 17.9 Å². The van der Waals surface area contributed by atoms with Crippen molar-refractivity contribution in [2.75, 3.05) is 6.61 Å². The van der Waals surface area contributed by atoms with Gasteiger partial charge in [-0.05, 0) is 19.1 Å². The molecule has 15 heavy (non-hydrogen) atoms. The van der Waals surface area contributed by atoms with Gasteiger partial charge >= 0.3 is 0 Å². The Morgan fingerprint density at radius 1 is 1.27 bits per heavy atom. The summed E-state index contributed by atoms with van der Waals surface area (Å²) in [5.74, 6) is 1.68. The van der Waals surface area contributed by atoms with Crippen LogP contribution in [0.1, 0.15) is 18.4 Å². The largest absolute Gasteiger partial charge is 0.466 e. The molecule has 0 fully saturated rings. The Balaban J connectivity index is 0.00000196. The Morgan fingerprint density at radius 2 is 1.80 bits per heavy atom. The molecule has 1 heterocycles. The molecule has 0 aliphatic carbocycles. The second-order valence-electron chi connectivity index (χ2n) is 3.70. The van der Waals surface area contributed by atoms with Gasteiger partial charge in [0.25, 0.3) is 0 Å². The van der Waals surface area contributed by atoms with Crippen LogP contribution in [0.4, 0.5) is 0 Å². The van der Waals surface area contributed by atoms with Crippen LogP contribution in [0.5, 0.6) is 0 Å². The first-order chi connectivity index (χ1) is 6.61. The van der Waals surface area contributed by atoms with Crippen molar-refractivity contribution >= 4 is 12.4 Å². The SMILES string of the molecule is CC(N)Cc1ccc(CC(N)CO)o1.Cl. The van der Waals surface area contributed by atoms with Crippen molar-refractivity contribution in [2.45, 2.75) is 31.8 Å². The Labute approximate surface area is 96.0 Å². The van der Waals surface area contributed by atoms with Gasteiger partial charge in [-0.1, -0.05) is 0 Å². The summed E-state index contributed by atoms with van der Waals surface area (Å²) in [4.78, 5) is 0. The van der Waals surface area contributed by atoms with E-state index in [1.807, 2.05) is 19.1 Å². The van der Waals surface area contributed by atoms with Crippen molar-refractivity contribution in [1.29, 1.82) is 0 Å². The highest BCUT2D eigenvalue weighted by molar-refractivity contribution is 5.85. The van der Waals surface area contributed by atoms with E-state index in [2.05, 4.69) is 0 Å². The lowest BCUT2D eigenvalue weighted by Crippen LogP contribution is -2.26. The second-order valence-corrected chi connectivity index (χ2v) is 3.70. The van der Waals surface area contributed by atoms with E-state index in [1.54, 1.807) is 0 Å². The molecule has 0 amide bonds. The number of hydrogen-bond acceptors (Lipinski definition) is 4. The lowest BCUT2D eigenvalue weighted by atomic mass is 10.2. The van der Waals surface area contributed by atoms with Gasteiger partial charge < -0.3 is 21.0 Å². The van der Waals surface area contributed by atoms with Crippen molar-refractivity contribution < 1.29 is 9.52 Å². The average molecular weight is 235 g/mol. The molecule has 2 atom stereocenters. The Kier molecular flexibility index (Phi) is 6.60. The molecule has 0 saturated heterocycles. The van der Waals surface area contributed by atoms with Crippen molar-refractivity contribution in [2.24, 2.45) is 11.5 Å². The zero-order chi connectivity index (χ0) is 10.6. The minimum atomic E-state index is -0.246. The summed E-state index contributed by atoms with van der Waals surface area (Å²) in [6.45, 7) is 1.91. The molecule has 2 unspecified atom stereocenters. The normalized spacial score (nSPS) is 14.4. The highest BCUT2D eigenvalue weighted by atomic mass is 35.5. The minimum absolute atomic E-state index is 0. The van der Waals surface area contributed by atoms with E-state index >= 15 is 0 Å². The molecule has 0 radical (unpaired) electrons.